The van der Waals surface area contributed by atoms with Crippen molar-refractivity contribution in [3.8, 4) is 11.4 Å². The Labute approximate surface area is 180 Å². The number of hydrogen-bond acceptors (Lipinski definition) is 6. The maximum Gasteiger partial charge on any atom is 0.313 e. The van der Waals surface area contributed by atoms with Gasteiger partial charge in [0.15, 0.2) is 5.76 Å². The van der Waals surface area contributed by atoms with Gasteiger partial charge >= 0.3 is 5.97 Å². The monoisotopic (exact) mass is 413 g/mol. The average molecular weight is 414 g/mol. The lowest BCUT2D eigenvalue weighted by Crippen LogP contribution is -2.53. The van der Waals surface area contributed by atoms with Crippen LogP contribution in [0, 0.1) is 23.7 Å². The van der Waals surface area contributed by atoms with Crippen LogP contribution in [0.25, 0.3) is 11.4 Å². The van der Waals surface area contributed by atoms with E-state index in [0.717, 1.165) is 48.5 Å². The van der Waals surface area contributed by atoms with Crippen molar-refractivity contribution in [3.05, 3.63) is 35.7 Å². The molecule has 0 bridgehead atoms. The van der Waals surface area contributed by atoms with E-state index in [4.69, 9.17) is 9.26 Å². The van der Waals surface area contributed by atoms with E-state index in [1.54, 1.807) is 6.20 Å². The van der Waals surface area contributed by atoms with E-state index >= 15 is 0 Å². The number of carbonyl (C=O) groups excluding carboxylic acids is 1. The first-order valence-electron chi connectivity index (χ1n) is 10.9. The van der Waals surface area contributed by atoms with Crippen molar-refractivity contribution < 1.29 is 14.1 Å². The first-order chi connectivity index (χ1) is 14.2. The van der Waals surface area contributed by atoms with Crippen molar-refractivity contribution in [2.75, 3.05) is 20.2 Å². The topological polar surface area (TPSA) is 68.5 Å². The molecule has 0 spiro atoms. The molecule has 1 aliphatic rings. The van der Waals surface area contributed by atoms with Crippen LogP contribution >= 0.6 is 0 Å². The highest BCUT2D eigenvalue weighted by Gasteiger charge is 2.48. The molecule has 3 rings (SSSR count). The van der Waals surface area contributed by atoms with Gasteiger partial charge in [-0.3, -0.25) is 14.7 Å². The van der Waals surface area contributed by atoms with Crippen molar-refractivity contribution in [3.63, 3.8) is 0 Å². The lowest BCUT2D eigenvalue weighted by Gasteiger charge is -2.48. The van der Waals surface area contributed by atoms with Gasteiger partial charge in [-0.2, -0.15) is 0 Å². The van der Waals surface area contributed by atoms with Gasteiger partial charge in [0.1, 0.15) is 5.69 Å². The van der Waals surface area contributed by atoms with Gasteiger partial charge in [-0.25, -0.2) is 0 Å². The average Bonchev–Trinajstić information content (AvgIpc) is 3.15. The van der Waals surface area contributed by atoms with E-state index in [2.05, 4.69) is 42.7 Å². The molecular weight excluding hydrogens is 378 g/mol. The molecule has 1 aliphatic heterocycles. The number of hydrogen-bond donors (Lipinski definition) is 0. The lowest BCUT2D eigenvalue weighted by molar-refractivity contribution is -0.160. The summed E-state index contributed by atoms with van der Waals surface area (Å²) >= 11 is 0. The molecular formula is C24H35N3O3. The molecule has 1 fully saturated rings. The van der Waals surface area contributed by atoms with Crippen LogP contribution in [0.1, 0.15) is 58.3 Å². The van der Waals surface area contributed by atoms with E-state index in [0.29, 0.717) is 19.0 Å². The Hall–Kier alpha value is -2.21. The van der Waals surface area contributed by atoms with Crippen LogP contribution in [0.15, 0.2) is 28.9 Å². The molecule has 6 nitrogen and oxygen atoms in total. The zero-order valence-corrected chi connectivity index (χ0v) is 19.2. The third kappa shape index (κ3) is 4.91. The number of piperidine rings is 1. The molecule has 6 heteroatoms. The number of rotatable bonds is 6. The fourth-order valence-electron chi connectivity index (χ4n) is 4.64. The predicted molar refractivity (Wildman–Crippen MR) is 117 cm³/mol. The fourth-order valence-corrected chi connectivity index (χ4v) is 4.64. The van der Waals surface area contributed by atoms with Crippen molar-refractivity contribution in [2.45, 2.75) is 60.4 Å². The number of ether oxygens (including phenoxy) is 1. The fraction of sp³-hybridized carbons (Fsp3) is 0.625. The largest absolute Gasteiger partial charge is 0.469 e. The van der Waals surface area contributed by atoms with E-state index in [-0.39, 0.29) is 11.4 Å². The van der Waals surface area contributed by atoms with Crippen LogP contribution in [-0.2, 0) is 16.1 Å². The summed E-state index contributed by atoms with van der Waals surface area (Å²) in [7, 11) is 1.50. The summed E-state index contributed by atoms with van der Waals surface area (Å²) in [5.41, 5.74) is 2.32. The zero-order chi connectivity index (χ0) is 21.9. The highest BCUT2D eigenvalue weighted by molar-refractivity contribution is 5.77. The maximum atomic E-state index is 12.9. The van der Waals surface area contributed by atoms with Crippen LogP contribution in [0.4, 0.5) is 0 Å². The van der Waals surface area contributed by atoms with Crippen LogP contribution in [0.2, 0.25) is 0 Å². The summed E-state index contributed by atoms with van der Waals surface area (Å²) in [6, 6.07) is 5.93. The molecule has 2 aromatic rings. The molecule has 0 aliphatic carbocycles. The summed E-state index contributed by atoms with van der Waals surface area (Å²) in [6.45, 7) is 13.2. The van der Waals surface area contributed by atoms with Crippen molar-refractivity contribution >= 4 is 5.97 Å². The molecule has 0 aromatic carbocycles. The van der Waals surface area contributed by atoms with Gasteiger partial charge in [-0.05, 0) is 48.8 Å². The Morgan fingerprint density at radius 2 is 2.10 bits per heavy atom. The van der Waals surface area contributed by atoms with E-state index in [1.165, 1.54) is 7.11 Å². The summed E-state index contributed by atoms with van der Waals surface area (Å²) in [5, 5.41) is 4.23. The number of likely N-dealkylation sites (tertiary alicyclic amines) is 1. The van der Waals surface area contributed by atoms with Gasteiger partial charge in [0.25, 0.3) is 0 Å². The molecule has 164 valence electrons. The highest BCUT2D eigenvalue weighted by atomic mass is 16.5. The van der Waals surface area contributed by atoms with Crippen LogP contribution in [-0.4, -0.2) is 41.2 Å². The van der Waals surface area contributed by atoms with Gasteiger partial charge in [-0.15, -0.1) is 0 Å². The second-order valence-electron chi connectivity index (χ2n) is 9.86. The van der Waals surface area contributed by atoms with Crippen LogP contribution in [0.3, 0.4) is 0 Å². The number of nitrogens with zero attached hydrogens (tertiary/aromatic N) is 3. The molecule has 0 unspecified atom stereocenters. The normalized spacial score (nSPS) is 22.8. The zero-order valence-electron chi connectivity index (χ0n) is 19.2. The first-order valence-corrected chi connectivity index (χ1v) is 10.9. The van der Waals surface area contributed by atoms with Gasteiger partial charge in [0.05, 0.1) is 24.8 Å². The molecule has 2 atom stereocenters. The molecule has 0 amide bonds. The SMILES string of the molecule is CCC[C@@]1(C(=O)OC)C[C@@H](C(C)(C)C)CN(Cc2cc(-c3cc(C)ccn3)no2)C1. The second-order valence-corrected chi connectivity index (χ2v) is 9.86. The minimum atomic E-state index is -0.472. The highest BCUT2D eigenvalue weighted by Crippen LogP contribution is 2.45. The smallest absolute Gasteiger partial charge is 0.313 e. The lowest BCUT2D eigenvalue weighted by atomic mass is 9.65. The molecule has 1 saturated heterocycles. The van der Waals surface area contributed by atoms with E-state index in [9.17, 15) is 4.79 Å². The van der Waals surface area contributed by atoms with Gasteiger partial charge in [0, 0.05) is 25.4 Å². The first kappa shape index (κ1) is 22.5. The maximum absolute atomic E-state index is 12.9. The molecule has 0 radical (unpaired) electrons. The molecule has 30 heavy (non-hydrogen) atoms. The van der Waals surface area contributed by atoms with Crippen LogP contribution < -0.4 is 0 Å². The number of pyridine rings is 1. The molecule has 3 heterocycles. The third-order valence-corrected chi connectivity index (χ3v) is 6.33. The van der Waals surface area contributed by atoms with Crippen molar-refractivity contribution in [2.24, 2.45) is 16.7 Å². The number of aryl methyl sites for hydroxylation is 1. The number of esters is 1. The number of carbonyl (C=O) groups is 1. The second kappa shape index (κ2) is 8.88. The Kier molecular flexibility index (Phi) is 6.65. The Bertz CT molecular complexity index is 871. The van der Waals surface area contributed by atoms with Gasteiger partial charge in [0.2, 0.25) is 0 Å². The van der Waals surface area contributed by atoms with Gasteiger partial charge in [-0.1, -0.05) is 39.3 Å². The molecule has 0 N–H and O–H groups in total. The van der Waals surface area contributed by atoms with Crippen molar-refractivity contribution in [1.29, 1.82) is 0 Å². The standard InChI is InChI=1S/C24H35N3O3/c1-7-9-24(22(28)29-6)13-18(23(3,4)5)14-27(16-24)15-19-12-21(26-30-19)20-11-17(2)8-10-25-20/h8,10-12,18H,7,9,13-16H2,1-6H3/t18-,24-/m1/s1. The van der Waals surface area contributed by atoms with Gasteiger partial charge < -0.3 is 9.26 Å². The summed E-state index contributed by atoms with van der Waals surface area (Å²) < 4.78 is 10.9. The Balaban J connectivity index is 1.84. The number of aromatic nitrogens is 2. The Morgan fingerprint density at radius 1 is 1.33 bits per heavy atom. The van der Waals surface area contributed by atoms with E-state index < -0.39 is 5.41 Å². The van der Waals surface area contributed by atoms with Crippen molar-refractivity contribution in [1.82, 2.24) is 15.0 Å². The molecule has 2 aromatic heterocycles. The van der Waals surface area contributed by atoms with E-state index in [1.807, 2.05) is 25.1 Å². The third-order valence-electron chi connectivity index (χ3n) is 6.33. The quantitative estimate of drug-likeness (QED) is 0.629. The van der Waals surface area contributed by atoms with Crippen LogP contribution in [0.5, 0.6) is 0 Å². The minimum Gasteiger partial charge on any atom is -0.469 e. The summed E-state index contributed by atoms with van der Waals surface area (Å²) in [4.78, 5) is 19.6. The summed E-state index contributed by atoms with van der Waals surface area (Å²) in [6.07, 6.45) is 4.43. The minimum absolute atomic E-state index is 0.0921. The Morgan fingerprint density at radius 3 is 2.73 bits per heavy atom. The number of methoxy groups -OCH3 is 1. The molecule has 0 saturated carbocycles. The predicted octanol–water partition coefficient (Wildman–Crippen LogP) is 4.87. The summed E-state index contributed by atoms with van der Waals surface area (Å²) in [5.74, 6) is 1.08.